The summed E-state index contributed by atoms with van der Waals surface area (Å²) in [6, 6.07) is 0. The maximum absolute atomic E-state index is 12.2. The van der Waals surface area contributed by atoms with Crippen molar-refractivity contribution in [1.29, 1.82) is 0 Å². The molecule has 0 unspecified atom stereocenters. The topological polar surface area (TPSA) is 140 Å². The number of aliphatic hydroxyl groups is 2. The average Bonchev–Trinajstić information content (AvgIpc) is 2.81. The van der Waals surface area contributed by atoms with E-state index in [-0.39, 0.29) is 23.7 Å². The summed E-state index contributed by atoms with van der Waals surface area (Å²) in [5.41, 5.74) is 1.50. The van der Waals surface area contributed by atoms with Gasteiger partial charge in [-0.3, -0.25) is 19.4 Å². The summed E-state index contributed by atoms with van der Waals surface area (Å²) in [5, 5.41) is 18.5. The molecule has 2 aromatic heterocycles. The highest BCUT2D eigenvalue weighted by atomic mass is 16.3. The number of aliphatic hydroxyl groups excluding tert-OH is 2. The second-order valence-electron chi connectivity index (χ2n) is 4.40. The molecule has 0 aromatic carbocycles. The molecule has 20 heavy (non-hydrogen) atoms. The smallest absolute Gasteiger partial charge is 0.332 e. The maximum atomic E-state index is 12.2. The molecule has 0 saturated heterocycles. The molecule has 0 aliphatic rings. The van der Waals surface area contributed by atoms with Crippen LogP contribution in [0, 0.1) is 0 Å². The van der Waals surface area contributed by atoms with Gasteiger partial charge in [0.15, 0.2) is 11.2 Å². The van der Waals surface area contributed by atoms with Crippen LogP contribution in [-0.2, 0) is 20.6 Å². The van der Waals surface area contributed by atoms with Crippen molar-refractivity contribution in [3.8, 4) is 0 Å². The fourth-order valence-electron chi connectivity index (χ4n) is 2.00. The Bertz CT molecular complexity index is 758. The molecule has 0 saturated carbocycles. The fourth-order valence-corrected chi connectivity index (χ4v) is 2.00. The van der Waals surface area contributed by atoms with Gasteiger partial charge in [0.25, 0.3) is 5.56 Å². The van der Waals surface area contributed by atoms with Gasteiger partial charge in [0.2, 0.25) is 5.95 Å². The number of imidazole rings is 1. The SMILES string of the molecule is Cn1c(=O)c2c(nc(NN)n2C[C@@H](O)CO)n(C)c1=O. The lowest BCUT2D eigenvalue weighted by Gasteiger charge is -2.11. The lowest BCUT2D eigenvalue weighted by Crippen LogP contribution is -2.38. The first-order valence-electron chi connectivity index (χ1n) is 5.84. The number of anilines is 1. The molecule has 10 nitrogen and oxygen atoms in total. The number of fused-ring (bicyclic) bond motifs is 1. The number of rotatable bonds is 4. The first-order valence-corrected chi connectivity index (χ1v) is 5.84. The molecule has 2 aromatic rings. The first-order chi connectivity index (χ1) is 9.42. The number of aryl methyl sites for hydroxylation is 1. The molecule has 2 heterocycles. The molecule has 0 amide bonds. The van der Waals surface area contributed by atoms with Crippen LogP contribution in [0.5, 0.6) is 0 Å². The van der Waals surface area contributed by atoms with Gasteiger partial charge in [-0.15, -0.1) is 0 Å². The van der Waals surface area contributed by atoms with E-state index >= 15 is 0 Å². The maximum Gasteiger partial charge on any atom is 0.332 e. The zero-order valence-corrected chi connectivity index (χ0v) is 11.1. The zero-order valence-electron chi connectivity index (χ0n) is 11.1. The highest BCUT2D eigenvalue weighted by molar-refractivity contribution is 5.74. The lowest BCUT2D eigenvalue weighted by atomic mass is 10.3. The van der Waals surface area contributed by atoms with Crippen molar-refractivity contribution in [3.05, 3.63) is 20.8 Å². The summed E-state index contributed by atoms with van der Waals surface area (Å²) in [6.07, 6.45) is -1.08. The van der Waals surface area contributed by atoms with Crippen LogP contribution in [-0.4, -0.2) is 41.6 Å². The Kier molecular flexibility index (Phi) is 3.61. The minimum Gasteiger partial charge on any atom is -0.394 e. The molecule has 0 bridgehead atoms. The van der Waals surface area contributed by atoms with Crippen LogP contribution in [0.3, 0.4) is 0 Å². The van der Waals surface area contributed by atoms with Gasteiger partial charge in [-0.2, -0.15) is 4.98 Å². The Morgan fingerprint density at radius 3 is 2.55 bits per heavy atom. The number of hydrogen-bond acceptors (Lipinski definition) is 7. The van der Waals surface area contributed by atoms with E-state index in [4.69, 9.17) is 10.9 Å². The molecule has 5 N–H and O–H groups in total. The summed E-state index contributed by atoms with van der Waals surface area (Å²) in [4.78, 5) is 28.1. The predicted octanol–water partition coefficient (Wildman–Crippen LogP) is -2.93. The quantitative estimate of drug-likeness (QED) is 0.348. The largest absolute Gasteiger partial charge is 0.394 e. The third-order valence-electron chi connectivity index (χ3n) is 3.08. The molecule has 0 radical (unpaired) electrons. The molecule has 0 fully saturated rings. The van der Waals surface area contributed by atoms with E-state index in [1.165, 1.54) is 23.2 Å². The number of nitrogens with zero attached hydrogens (tertiary/aromatic N) is 4. The average molecular weight is 284 g/mol. The Labute approximate surface area is 112 Å². The van der Waals surface area contributed by atoms with E-state index < -0.39 is 24.0 Å². The Balaban J connectivity index is 2.86. The molecule has 10 heteroatoms. The van der Waals surface area contributed by atoms with Gasteiger partial charge in [0, 0.05) is 14.1 Å². The molecular weight excluding hydrogens is 268 g/mol. The summed E-state index contributed by atoms with van der Waals surface area (Å²) in [5.74, 6) is 5.45. The minimum absolute atomic E-state index is 0.0834. The summed E-state index contributed by atoms with van der Waals surface area (Å²) in [7, 11) is 2.82. The van der Waals surface area contributed by atoms with Crippen molar-refractivity contribution < 1.29 is 10.2 Å². The number of aromatic nitrogens is 4. The lowest BCUT2D eigenvalue weighted by molar-refractivity contribution is 0.0824. The van der Waals surface area contributed by atoms with Gasteiger partial charge in [-0.25, -0.2) is 10.6 Å². The van der Waals surface area contributed by atoms with E-state index in [0.29, 0.717) is 0 Å². The highest BCUT2D eigenvalue weighted by Gasteiger charge is 2.20. The van der Waals surface area contributed by atoms with Crippen LogP contribution >= 0.6 is 0 Å². The summed E-state index contributed by atoms with van der Waals surface area (Å²) in [6.45, 7) is -0.560. The molecule has 0 aliphatic heterocycles. The number of hydrogen-bond donors (Lipinski definition) is 4. The van der Waals surface area contributed by atoms with Crippen molar-refractivity contribution in [2.75, 3.05) is 12.0 Å². The van der Waals surface area contributed by atoms with Crippen LogP contribution in [0.4, 0.5) is 5.95 Å². The molecule has 0 aliphatic carbocycles. The third kappa shape index (κ3) is 1.99. The first kappa shape index (κ1) is 14.2. The normalized spacial score (nSPS) is 12.8. The molecule has 110 valence electrons. The molecule has 2 rings (SSSR count). The van der Waals surface area contributed by atoms with Gasteiger partial charge in [0.05, 0.1) is 19.3 Å². The van der Waals surface area contributed by atoms with Crippen molar-refractivity contribution in [1.82, 2.24) is 18.7 Å². The van der Waals surface area contributed by atoms with Gasteiger partial charge < -0.3 is 14.8 Å². The second-order valence-corrected chi connectivity index (χ2v) is 4.40. The minimum atomic E-state index is -1.08. The van der Waals surface area contributed by atoms with E-state index in [2.05, 4.69) is 10.4 Å². The van der Waals surface area contributed by atoms with Crippen LogP contribution in [0.1, 0.15) is 0 Å². The van der Waals surface area contributed by atoms with Gasteiger partial charge in [-0.05, 0) is 0 Å². The van der Waals surface area contributed by atoms with Crippen molar-refractivity contribution in [2.45, 2.75) is 12.6 Å². The van der Waals surface area contributed by atoms with Crippen molar-refractivity contribution in [2.24, 2.45) is 19.9 Å². The van der Waals surface area contributed by atoms with E-state index in [0.717, 1.165) is 4.57 Å². The highest BCUT2D eigenvalue weighted by Crippen LogP contribution is 2.15. The van der Waals surface area contributed by atoms with Crippen molar-refractivity contribution in [3.63, 3.8) is 0 Å². The monoisotopic (exact) mass is 284 g/mol. The summed E-state index contributed by atoms with van der Waals surface area (Å²) < 4.78 is 3.48. The van der Waals surface area contributed by atoms with Gasteiger partial charge in [0.1, 0.15) is 0 Å². The number of nitrogens with one attached hydrogen (secondary N) is 1. The van der Waals surface area contributed by atoms with Crippen molar-refractivity contribution >= 4 is 17.1 Å². The number of hydrazine groups is 1. The Morgan fingerprint density at radius 2 is 2.00 bits per heavy atom. The second kappa shape index (κ2) is 5.07. The van der Waals surface area contributed by atoms with Crippen LogP contribution < -0.4 is 22.5 Å². The molecular formula is C10H16N6O4. The summed E-state index contributed by atoms with van der Waals surface area (Å²) >= 11 is 0. The molecule has 0 spiro atoms. The third-order valence-corrected chi connectivity index (χ3v) is 3.08. The fraction of sp³-hybridized carbons (Fsp3) is 0.500. The van der Waals surface area contributed by atoms with Crippen LogP contribution in [0.25, 0.3) is 11.2 Å². The van der Waals surface area contributed by atoms with Gasteiger partial charge >= 0.3 is 5.69 Å². The number of nitrogen functional groups attached to an aromatic ring is 1. The van der Waals surface area contributed by atoms with Gasteiger partial charge in [-0.1, -0.05) is 0 Å². The van der Waals surface area contributed by atoms with Crippen LogP contribution in [0.15, 0.2) is 9.59 Å². The Hall–Kier alpha value is -2.17. The predicted molar refractivity (Wildman–Crippen MR) is 71.1 cm³/mol. The number of nitrogens with two attached hydrogens (primary N) is 1. The van der Waals surface area contributed by atoms with E-state index in [1.54, 1.807) is 0 Å². The van der Waals surface area contributed by atoms with E-state index in [9.17, 15) is 14.7 Å². The Morgan fingerprint density at radius 1 is 1.35 bits per heavy atom. The van der Waals surface area contributed by atoms with E-state index in [1.807, 2.05) is 0 Å². The zero-order chi connectivity index (χ0) is 15.0. The molecule has 1 atom stereocenters. The van der Waals surface area contributed by atoms with Crippen LogP contribution in [0.2, 0.25) is 0 Å². The standard InChI is InChI=1S/C10H16N6O4/c1-14-7-6(8(19)15(2)10(14)20)16(3-5(18)4-17)9(12-7)13-11/h5,17-18H,3-4,11H2,1-2H3,(H,12,13)/t5-/m1/s1.